The third kappa shape index (κ3) is 1.65. The largest absolute Gasteiger partial charge is 0.230 e. The van der Waals surface area contributed by atoms with Crippen molar-refractivity contribution in [1.29, 1.82) is 0 Å². The first-order valence-corrected chi connectivity index (χ1v) is 5.34. The molecule has 14 heavy (non-hydrogen) atoms. The summed E-state index contributed by atoms with van der Waals surface area (Å²) in [4.78, 5) is 11.9. The molecule has 0 aromatic carbocycles. The van der Waals surface area contributed by atoms with Gasteiger partial charge in [-0.15, -0.1) is 0 Å². The third-order valence-electron chi connectivity index (χ3n) is 1.64. The summed E-state index contributed by atoms with van der Waals surface area (Å²) in [6, 6.07) is 1.27. The fourth-order valence-corrected chi connectivity index (χ4v) is 1.47. The molecule has 0 radical (unpaired) electrons. The average molecular weight is 230 g/mol. The van der Waals surface area contributed by atoms with Crippen LogP contribution >= 0.6 is 23.4 Å². The van der Waals surface area contributed by atoms with Crippen LogP contribution in [0.5, 0.6) is 0 Å². The lowest BCUT2D eigenvalue weighted by Crippen LogP contribution is -1.92. The SMILES string of the molecule is CSc1ncc2cc(F)c(Cl)nc2n1. The Kier molecular flexibility index (Phi) is 2.52. The van der Waals surface area contributed by atoms with Crippen LogP contribution in [0, 0.1) is 5.82 Å². The van der Waals surface area contributed by atoms with Crippen LogP contribution in [0.3, 0.4) is 0 Å². The highest BCUT2D eigenvalue weighted by Gasteiger charge is 2.06. The Morgan fingerprint density at radius 1 is 1.43 bits per heavy atom. The highest BCUT2D eigenvalue weighted by molar-refractivity contribution is 7.98. The summed E-state index contributed by atoms with van der Waals surface area (Å²) in [6.45, 7) is 0. The molecule has 2 heterocycles. The maximum absolute atomic E-state index is 13.0. The number of pyridine rings is 1. The normalized spacial score (nSPS) is 10.8. The number of rotatable bonds is 1. The Hall–Kier alpha value is -0.940. The van der Waals surface area contributed by atoms with Gasteiger partial charge in [-0.1, -0.05) is 23.4 Å². The second-order valence-electron chi connectivity index (χ2n) is 2.53. The zero-order valence-electron chi connectivity index (χ0n) is 7.16. The minimum absolute atomic E-state index is 0.164. The minimum atomic E-state index is -0.556. The number of halogens is 2. The predicted octanol–water partition coefficient (Wildman–Crippen LogP) is 2.54. The van der Waals surface area contributed by atoms with Gasteiger partial charge in [0.05, 0.1) is 0 Å². The van der Waals surface area contributed by atoms with Gasteiger partial charge >= 0.3 is 0 Å². The summed E-state index contributed by atoms with van der Waals surface area (Å²) in [7, 11) is 0. The van der Waals surface area contributed by atoms with Gasteiger partial charge in [0.2, 0.25) is 0 Å². The Labute approximate surface area is 88.7 Å². The van der Waals surface area contributed by atoms with Crippen molar-refractivity contribution in [2.75, 3.05) is 6.26 Å². The van der Waals surface area contributed by atoms with E-state index in [0.29, 0.717) is 16.2 Å². The molecule has 0 aliphatic heterocycles. The van der Waals surface area contributed by atoms with Crippen molar-refractivity contribution in [3.63, 3.8) is 0 Å². The fraction of sp³-hybridized carbons (Fsp3) is 0.125. The van der Waals surface area contributed by atoms with Gasteiger partial charge in [-0.3, -0.25) is 0 Å². The Morgan fingerprint density at radius 2 is 2.21 bits per heavy atom. The molecule has 2 aromatic heterocycles. The molecule has 0 atom stereocenters. The van der Waals surface area contributed by atoms with Gasteiger partial charge in [0.15, 0.2) is 21.8 Å². The van der Waals surface area contributed by atoms with E-state index in [4.69, 9.17) is 11.6 Å². The lowest BCUT2D eigenvalue weighted by Gasteiger charge is -1.99. The van der Waals surface area contributed by atoms with Crippen LogP contribution in [0.2, 0.25) is 5.15 Å². The van der Waals surface area contributed by atoms with E-state index >= 15 is 0 Å². The van der Waals surface area contributed by atoms with E-state index in [1.807, 2.05) is 6.26 Å². The second kappa shape index (κ2) is 3.67. The van der Waals surface area contributed by atoms with Crippen LogP contribution in [0.1, 0.15) is 0 Å². The van der Waals surface area contributed by atoms with E-state index in [1.165, 1.54) is 24.0 Å². The molecule has 0 bridgehead atoms. The van der Waals surface area contributed by atoms with Crippen molar-refractivity contribution in [2.24, 2.45) is 0 Å². The van der Waals surface area contributed by atoms with Gasteiger partial charge in [0.1, 0.15) is 0 Å². The quantitative estimate of drug-likeness (QED) is 0.428. The first-order chi connectivity index (χ1) is 6.70. The lowest BCUT2D eigenvalue weighted by molar-refractivity contribution is 0.624. The molecule has 0 unspecified atom stereocenters. The smallest absolute Gasteiger partial charge is 0.189 e. The van der Waals surface area contributed by atoms with Crippen molar-refractivity contribution in [1.82, 2.24) is 15.0 Å². The highest BCUT2D eigenvalue weighted by Crippen LogP contribution is 2.18. The summed E-state index contributed by atoms with van der Waals surface area (Å²) in [5.41, 5.74) is 0.413. The highest BCUT2D eigenvalue weighted by atomic mass is 35.5. The van der Waals surface area contributed by atoms with Gasteiger partial charge in [-0.05, 0) is 12.3 Å². The molecule has 0 saturated carbocycles. The van der Waals surface area contributed by atoms with Crippen LogP contribution in [0.4, 0.5) is 4.39 Å². The summed E-state index contributed by atoms with van der Waals surface area (Å²) >= 11 is 6.92. The lowest BCUT2D eigenvalue weighted by atomic mass is 10.3. The molecule has 3 nitrogen and oxygen atoms in total. The molecule has 0 N–H and O–H groups in total. The zero-order valence-corrected chi connectivity index (χ0v) is 8.73. The molecule has 0 saturated heterocycles. The standard InChI is InChI=1S/C8H5ClFN3S/c1-14-8-11-3-4-2-5(10)6(9)12-7(4)13-8/h2-3H,1H3. The molecule has 72 valence electrons. The molecule has 0 aliphatic rings. The molecule has 0 spiro atoms. The number of fused-ring (bicyclic) bond motifs is 1. The van der Waals surface area contributed by atoms with Gasteiger partial charge in [-0.25, -0.2) is 19.3 Å². The number of hydrogen-bond donors (Lipinski definition) is 0. The summed E-state index contributed by atoms with van der Waals surface area (Å²) < 4.78 is 13.0. The zero-order chi connectivity index (χ0) is 10.1. The molecular formula is C8H5ClFN3S. The topological polar surface area (TPSA) is 38.7 Å². The summed E-state index contributed by atoms with van der Waals surface area (Å²) in [6.07, 6.45) is 3.38. The van der Waals surface area contributed by atoms with E-state index in [1.54, 1.807) is 0 Å². The van der Waals surface area contributed by atoms with E-state index < -0.39 is 5.82 Å². The Morgan fingerprint density at radius 3 is 2.93 bits per heavy atom. The van der Waals surface area contributed by atoms with Gasteiger partial charge < -0.3 is 0 Å². The number of aromatic nitrogens is 3. The van der Waals surface area contributed by atoms with Gasteiger partial charge in [0, 0.05) is 11.6 Å². The van der Waals surface area contributed by atoms with Crippen LogP contribution in [0.25, 0.3) is 11.0 Å². The Balaban J connectivity index is 2.70. The molecule has 2 rings (SSSR count). The van der Waals surface area contributed by atoms with Crippen LogP contribution < -0.4 is 0 Å². The predicted molar refractivity (Wildman–Crippen MR) is 54.1 cm³/mol. The average Bonchev–Trinajstić information content (AvgIpc) is 2.19. The monoisotopic (exact) mass is 229 g/mol. The van der Waals surface area contributed by atoms with Gasteiger partial charge in [-0.2, -0.15) is 0 Å². The second-order valence-corrected chi connectivity index (χ2v) is 3.66. The molecule has 0 aliphatic carbocycles. The third-order valence-corrected chi connectivity index (χ3v) is 2.47. The maximum atomic E-state index is 13.0. The van der Waals surface area contributed by atoms with Crippen molar-refractivity contribution >= 4 is 34.4 Å². The van der Waals surface area contributed by atoms with Crippen molar-refractivity contribution < 1.29 is 4.39 Å². The van der Waals surface area contributed by atoms with Crippen LogP contribution in [0.15, 0.2) is 17.4 Å². The first kappa shape index (κ1) is 9.61. The molecule has 6 heteroatoms. The summed E-state index contributed by atoms with van der Waals surface area (Å²) in [5.74, 6) is -0.556. The minimum Gasteiger partial charge on any atom is -0.230 e. The van der Waals surface area contributed by atoms with E-state index in [9.17, 15) is 4.39 Å². The first-order valence-electron chi connectivity index (χ1n) is 3.73. The van der Waals surface area contributed by atoms with E-state index in [2.05, 4.69) is 15.0 Å². The van der Waals surface area contributed by atoms with Crippen molar-refractivity contribution in [2.45, 2.75) is 5.16 Å². The Bertz CT molecular complexity index is 491. The van der Waals surface area contributed by atoms with Gasteiger partial charge in [0.25, 0.3) is 0 Å². The van der Waals surface area contributed by atoms with Crippen molar-refractivity contribution in [3.05, 3.63) is 23.2 Å². The molecule has 0 amide bonds. The number of hydrogen-bond acceptors (Lipinski definition) is 4. The number of thioether (sulfide) groups is 1. The van der Waals surface area contributed by atoms with Crippen molar-refractivity contribution in [3.8, 4) is 0 Å². The fourth-order valence-electron chi connectivity index (χ4n) is 0.999. The number of nitrogens with zero attached hydrogens (tertiary/aromatic N) is 3. The molecular weight excluding hydrogens is 225 g/mol. The maximum Gasteiger partial charge on any atom is 0.189 e. The van der Waals surface area contributed by atoms with E-state index in [0.717, 1.165) is 0 Å². The molecule has 2 aromatic rings. The van der Waals surface area contributed by atoms with Crippen LogP contribution in [-0.4, -0.2) is 21.2 Å². The molecule has 0 fully saturated rings. The summed E-state index contributed by atoms with van der Waals surface area (Å²) in [5, 5.41) is 0.973. The van der Waals surface area contributed by atoms with E-state index in [-0.39, 0.29) is 5.15 Å². The van der Waals surface area contributed by atoms with Crippen LogP contribution in [-0.2, 0) is 0 Å².